The van der Waals surface area contributed by atoms with E-state index in [0.717, 1.165) is 57.3 Å². The van der Waals surface area contributed by atoms with Crippen molar-refractivity contribution in [2.75, 3.05) is 0 Å². The van der Waals surface area contributed by atoms with Crippen molar-refractivity contribution in [2.45, 2.75) is 12.4 Å². The molecule has 11 aromatic rings. The molecule has 8 aromatic carbocycles. The number of rotatable bonds is 6. The molecule has 0 fully saturated rings. The summed E-state index contributed by atoms with van der Waals surface area (Å²) in [6.45, 7) is 0. The van der Waals surface area contributed by atoms with Crippen LogP contribution in [0, 0.1) is 0 Å². The van der Waals surface area contributed by atoms with Crippen molar-refractivity contribution in [3.05, 3.63) is 199 Å². The van der Waals surface area contributed by atoms with Crippen LogP contribution in [0.2, 0.25) is 0 Å². The van der Waals surface area contributed by atoms with E-state index in [1.165, 1.54) is 16.7 Å². The average molecular weight is 852 g/mol. The molecule has 0 bridgehead atoms. The minimum Gasteiger partial charge on any atom is -0.309 e. The van der Waals surface area contributed by atoms with Crippen LogP contribution in [0.5, 0.6) is 0 Å². The summed E-state index contributed by atoms with van der Waals surface area (Å²) in [5.74, 6) is 0.815. The third kappa shape index (κ3) is 6.55. The van der Waals surface area contributed by atoms with Gasteiger partial charge in [0, 0.05) is 49.5 Å². The zero-order valence-corrected chi connectivity index (χ0v) is 33.4. The van der Waals surface area contributed by atoms with Gasteiger partial charge < -0.3 is 9.13 Å². The van der Waals surface area contributed by atoms with E-state index in [4.69, 9.17) is 15.0 Å². The highest BCUT2D eigenvalue weighted by Crippen LogP contribution is 2.44. The van der Waals surface area contributed by atoms with Gasteiger partial charge in [-0.1, -0.05) is 133 Å². The van der Waals surface area contributed by atoms with Crippen molar-refractivity contribution < 1.29 is 26.3 Å². The number of benzene rings is 8. The molecule has 0 N–H and O–H groups in total. The first-order valence-corrected chi connectivity index (χ1v) is 20.3. The van der Waals surface area contributed by atoms with Crippen LogP contribution in [0.25, 0.3) is 100 Å². The third-order valence-corrected chi connectivity index (χ3v) is 11.6. The lowest BCUT2D eigenvalue weighted by molar-refractivity contribution is -0.138. The first-order valence-electron chi connectivity index (χ1n) is 20.3. The van der Waals surface area contributed by atoms with Gasteiger partial charge >= 0.3 is 12.4 Å². The molecule has 5 nitrogen and oxygen atoms in total. The van der Waals surface area contributed by atoms with Gasteiger partial charge in [0.25, 0.3) is 0 Å². The van der Waals surface area contributed by atoms with Crippen LogP contribution >= 0.6 is 0 Å². The Kier molecular flexibility index (Phi) is 8.98. The number of hydrogen-bond donors (Lipinski definition) is 0. The van der Waals surface area contributed by atoms with Gasteiger partial charge in [-0.2, -0.15) is 26.3 Å². The van der Waals surface area contributed by atoms with Crippen molar-refractivity contribution in [3.8, 4) is 56.7 Å². The summed E-state index contributed by atoms with van der Waals surface area (Å²) in [6.07, 6.45) is -9.48. The molecule has 0 spiro atoms. The largest absolute Gasteiger partial charge is 0.416 e. The molecule has 0 aliphatic heterocycles. The van der Waals surface area contributed by atoms with E-state index in [2.05, 4.69) is 22.8 Å². The van der Waals surface area contributed by atoms with E-state index in [1.54, 1.807) is 6.07 Å². The van der Waals surface area contributed by atoms with Crippen LogP contribution in [0.4, 0.5) is 26.3 Å². The maximum absolute atomic E-state index is 14.5. The molecule has 64 heavy (non-hydrogen) atoms. The van der Waals surface area contributed by atoms with E-state index >= 15 is 0 Å². The predicted molar refractivity (Wildman–Crippen MR) is 240 cm³/mol. The summed E-state index contributed by atoms with van der Waals surface area (Å²) in [5, 5.41) is 2.70. The van der Waals surface area contributed by atoms with Crippen LogP contribution in [0.1, 0.15) is 11.1 Å². The van der Waals surface area contributed by atoms with E-state index in [0.29, 0.717) is 44.7 Å². The quantitative estimate of drug-likeness (QED) is 0.157. The lowest BCUT2D eigenvalue weighted by Crippen LogP contribution is -2.07. The highest BCUT2D eigenvalue weighted by atomic mass is 19.4. The number of fused-ring (bicyclic) bond motifs is 6. The van der Waals surface area contributed by atoms with E-state index in [1.807, 2.05) is 127 Å². The molecular weight excluding hydrogens is 821 g/mol. The van der Waals surface area contributed by atoms with Crippen LogP contribution in [-0.4, -0.2) is 24.1 Å². The van der Waals surface area contributed by atoms with Crippen molar-refractivity contribution in [2.24, 2.45) is 0 Å². The summed E-state index contributed by atoms with van der Waals surface area (Å²) >= 11 is 0. The fourth-order valence-corrected chi connectivity index (χ4v) is 8.73. The first kappa shape index (κ1) is 38.8. The zero-order valence-electron chi connectivity index (χ0n) is 33.4. The summed E-state index contributed by atoms with van der Waals surface area (Å²) in [5.41, 5.74) is 4.55. The Morgan fingerprint density at radius 1 is 0.344 bits per heavy atom. The molecule has 0 atom stereocenters. The molecule has 0 aliphatic rings. The number of para-hydroxylation sites is 3. The number of alkyl halides is 6. The van der Waals surface area contributed by atoms with E-state index < -0.39 is 23.5 Å². The van der Waals surface area contributed by atoms with Crippen LogP contribution in [-0.2, 0) is 12.4 Å². The number of halogens is 6. The topological polar surface area (TPSA) is 48.5 Å². The van der Waals surface area contributed by atoms with Crippen LogP contribution < -0.4 is 0 Å². The number of aromatic nitrogens is 5. The highest BCUT2D eigenvalue weighted by Gasteiger charge is 2.34. The maximum Gasteiger partial charge on any atom is 0.416 e. The molecule has 0 saturated heterocycles. The van der Waals surface area contributed by atoms with Gasteiger partial charge in [0.05, 0.1) is 38.9 Å². The Labute approximate surface area is 361 Å². The first-order chi connectivity index (χ1) is 31.0. The van der Waals surface area contributed by atoms with Crippen molar-refractivity contribution in [1.82, 2.24) is 24.1 Å². The Balaban J connectivity index is 1.27. The smallest absolute Gasteiger partial charge is 0.309 e. The lowest BCUT2D eigenvalue weighted by Gasteiger charge is -2.18. The molecule has 0 saturated carbocycles. The van der Waals surface area contributed by atoms with Crippen LogP contribution in [0.3, 0.4) is 0 Å². The molecule has 11 rings (SSSR count). The second-order valence-corrected chi connectivity index (χ2v) is 15.5. The second kappa shape index (κ2) is 14.8. The van der Waals surface area contributed by atoms with Gasteiger partial charge in [0.2, 0.25) is 0 Å². The van der Waals surface area contributed by atoms with Gasteiger partial charge in [-0.15, -0.1) is 0 Å². The minimum atomic E-state index is -4.74. The Hall–Kier alpha value is -8.05. The van der Waals surface area contributed by atoms with Gasteiger partial charge in [0.15, 0.2) is 17.5 Å². The summed E-state index contributed by atoms with van der Waals surface area (Å²) < 4.78 is 90.6. The van der Waals surface area contributed by atoms with E-state index in [-0.39, 0.29) is 22.5 Å². The monoisotopic (exact) mass is 851 g/mol. The molecule has 3 aromatic heterocycles. The summed E-state index contributed by atoms with van der Waals surface area (Å²) in [7, 11) is 0. The molecule has 0 radical (unpaired) electrons. The SMILES string of the molecule is FC(F)(F)c1ccc2c3ccc(C(F)(F)F)cc3n(-c3ccc(-c4cccc5c6ccccc6n(-c6ccccc6)c45)cc3-c3nc(-c4ccccc4)nc(-c4ccccc4)n3)c2c1. The minimum absolute atomic E-state index is 0.0603. The molecule has 0 aliphatic carbocycles. The molecule has 11 heteroatoms. The molecule has 0 amide bonds. The number of hydrogen-bond acceptors (Lipinski definition) is 3. The van der Waals surface area contributed by atoms with Crippen LogP contribution in [0.15, 0.2) is 188 Å². The Morgan fingerprint density at radius 3 is 1.42 bits per heavy atom. The normalized spacial score (nSPS) is 12.2. The average Bonchev–Trinajstić information content (AvgIpc) is 3.84. The fraction of sp³-hybridized carbons (Fsp3) is 0.0377. The second-order valence-electron chi connectivity index (χ2n) is 15.5. The molecule has 310 valence electrons. The highest BCUT2D eigenvalue weighted by molar-refractivity contribution is 6.14. The Morgan fingerprint density at radius 2 is 0.844 bits per heavy atom. The van der Waals surface area contributed by atoms with Crippen molar-refractivity contribution in [3.63, 3.8) is 0 Å². The molecule has 3 heterocycles. The maximum atomic E-state index is 14.5. The Bertz CT molecular complexity index is 3450. The van der Waals surface area contributed by atoms with Gasteiger partial charge in [0.1, 0.15) is 0 Å². The van der Waals surface area contributed by atoms with Gasteiger partial charge in [-0.3, -0.25) is 0 Å². The van der Waals surface area contributed by atoms with E-state index in [9.17, 15) is 26.3 Å². The zero-order chi connectivity index (χ0) is 43.7. The molecular formula is C53H31F6N5. The van der Waals surface area contributed by atoms with Gasteiger partial charge in [-0.25, -0.2) is 15.0 Å². The van der Waals surface area contributed by atoms with Crippen molar-refractivity contribution in [1.29, 1.82) is 0 Å². The number of nitrogens with zero attached hydrogens (tertiary/aromatic N) is 5. The molecule has 0 unspecified atom stereocenters. The fourth-order valence-electron chi connectivity index (χ4n) is 8.73. The van der Waals surface area contributed by atoms with Gasteiger partial charge in [-0.05, 0) is 60.2 Å². The third-order valence-electron chi connectivity index (χ3n) is 11.6. The summed E-state index contributed by atoms with van der Waals surface area (Å²) in [4.78, 5) is 15.0. The lowest BCUT2D eigenvalue weighted by atomic mass is 9.98. The standard InChI is InChI=1S/C53H31F6N5/c54-52(55,56)35-24-26-40-41-27-25-36(53(57,58)59)31-47(41)64(46(40)30-35)45-28-23-34(38-20-12-21-42-39-19-10-11-22-44(39)63(48(38)42)37-17-8-3-9-18-37)29-43(45)51-61-49(32-13-4-1-5-14-32)60-50(62-51)33-15-6-2-7-16-33/h1-31H. The summed E-state index contributed by atoms with van der Waals surface area (Å²) in [6, 6.07) is 54.7. The predicted octanol–water partition coefficient (Wildman–Crippen LogP) is 14.8. The van der Waals surface area contributed by atoms with Crippen molar-refractivity contribution >= 4 is 43.6 Å².